The van der Waals surface area contributed by atoms with Crippen LogP contribution in [0.2, 0.25) is 5.02 Å². The Hall–Kier alpha value is -1.16. The van der Waals surface area contributed by atoms with Crippen LogP contribution in [-0.4, -0.2) is 30.0 Å². The number of aryl methyl sites for hydroxylation is 1. The summed E-state index contributed by atoms with van der Waals surface area (Å²) in [6.45, 7) is 4.48. The van der Waals surface area contributed by atoms with Crippen molar-refractivity contribution in [2.45, 2.75) is 19.9 Å². The van der Waals surface area contributed by atoms with E-state index in [4.69, 9.17) is 17.3 Å². The monoisotopic (exact) mass is 277 g/mol. The average molecular weight is 278 g/mol. The van der Waals surface area contributed by atoms with E-state index in [9.17, 15) is 0 Å². The molecule has 4 heteroatoms. The molecule has 2 N–H and O–H groups in total. The highest BCUT2D eigenvalue weighted by atomic mass is 35.5. The summed E-state index contributed by atoms with van der Waals surface area (Å²) in [7, 11) is 2.07. The molecule has 0 aliphatic heterocycles. The van der Waals surface area contributed by atoms with Crippen LogP contribution in [0, 0.1) is 6.92 Å². The second-order valence-corrected chi connectivity index (χ2v) is 5.27. The summed E-state index contributed by atoms with van der Waals surface area (Å²) < 4.78 is 0. The van der Waals surface area contributed by atoms with Crippen LogP contribution >= 0.6 is 11.6 Å². The molecule has 0 aliphatic carbocycles. The summed E-state index contributed by atoms with van der Waals surface area (Å²) >= 11 is 6.44. The van der Waals surface area contributed by atoms with Crippen LogP contribution in [0.3, 0.4) is 0 Å². The van der Waals surface area contributed by atoms with Gasteiger partial charge in [-0.3, -0.25) is 0 Å². The third-order valence-corrected chi connectivity index (χ3v) is 3.81. The summed E-state index contributed by atoms with van der Waals surface area (Å²) in [6, 6.07) is 8.11. The van der Waals surface area contributed by atoms with E-state index in [0.29, 0.717) is 6.54 Å². The maximum atomic E-state index is 6.44. The molecule has 0 amide bonds. The third-order valence-electron chi connectivity index (χ3n) is 3.31. The van der Waals surface area contributed by atoms with Gasteiger partial charge in [-0.2, -0.15) is 0 Å². The van der Waals surface area contributed by atoms with Crippen molar-refractivity contribution in [1.29, 1.82) is 0 Å². The van der Waals surface area contributed by atoms with E-state index in [-0.39, 0.29) is 0 Å². The van der Waals surface area contributed by atoms with E-state index in [1.165, 1.54) is 0 Å². The molecule has 0 fully saturated rings. The van der Waals surface area contributed by atoms with Gasteiger partial charge in [-0.1, -0.05) is 29.8 Å². The number of para-hydroxylation sites is 1. The normalized spacial score (nSPS) is 11.4. The molecule has 0 bridgehead atoms. The van der Waals surface area contributed by atoms with Crippen LogP contribution in [0.15, 0.2) is 24.3 Å². The molecule has 0 saturated heterocycles. The van der Waals surface area contributed by atoms with Gasteiger partial charge in [-0.05, 0) is 45.1 Å². The summed E-state index contributed by atoms with van der Waals surface area (Å²) in [6.07, 6.45) is 0.987. The second kappa shape index (κ2) is 6.33. The fourth-order valence-corrected chi connectivity index (χ4v) is 2.42. The van der Waals surface area contributed by atoms with E-state index < -0.39 is 0 Å². The number of nitrogens with two attached hydrogens (primary N) is 1. The topological polar surface area (TPSA) is 42.1 Å². The van der Waals surface area contributed by atoms with Crippen LogP contribution in [0.4, 0.5) is 0 Å². The molecule has 0 aliphatic rings. The second-order valence-electron chi connectivity index (χ2n) is 4.89. The Kier molecular flexibility index (Phi) is 4.75. The van der Waals surface area contributed by atoms with Crippen molar-refractivity contribution in [3.8, 4) is 0 Å². The van der Waals surface area contributed by atoms with Crippen molar-refractivity contribution in [3.63, 3.8) is 0 Å². The Balaban J connectivity index is 2.30. The predicted octanol–water partition coefficient (Wildman–Crippen LogP) is 2.98. The quantitative estimate of drug-likeness (QED) is 0.914. The highest BCUT2D eigenvalue weighted by Gasteiger charge is 2.11. The number of benzene rings is 1. The van der Waals surface area contributed by atoms with E-state index in [1.54, 1.807) is 0 Å². The molecular weight excluding hydrogens is 258 g/mol. The van der Waals surface area contributed by atoms with Gasteiger partial charge in [0.25, 0.3) is 0 Å². The predicted molar refractivity (Wildman–Crippen MR) is 81.5 cm³/mol. The lowest BCUT2D eigenvalue weighted by molar-refractivity contribution is 0.320. The Morgan fingerprint density at radius 2 is 2.05 bits per heavy atom. The van der Waals surface area contributed by atoms with Crippen molar-refractivity contribution in [1.82, 2.24) is 9.88 Å². The number of hydrogen-bond donors (Lipinski definition) is 1. The molecule has 0 saturated carbocycles. The van der Waals surface area contributed by atoms with Gasteiger partial charge in [0.15, 0.2) is 0 Å². The lowest BCUT2D eigenvalue weighted by Crippen LogP contribution is -2.22. The Morgan fingerprint density at radius 1 is 1.32 bits per heavy atom. The highest BCUT2D eigenvalue weighted by molar-refractivity contribution is 6.32. The summed E-state index contributed by atoms with van der Waals surface area (Å²) in [5.41, 5.74) is 8.58. The first-order valence-corrected chi connectivity index (χ1v) is 6.93. The van der Waals surface area contributed by atoms with Crippen molar-refractivity contribution >= 4 is 22.5 Å². The van der Waals surface area contributed by atoms with Gasteiger partial charge in [-0.15, -0.1) is 0 Å². The molecule has 102 valence electrons. The van der Waals surface area contributed by atoms with Crippen molar-refractivity contribution in [2.75, 3.05) is 20.1 Å². The Labute approximate surface area is 119 Å². The minimum Gasteiger partial charge on any atom is -0.330 e. The maximum absolute atomic E-state index is 6.44. The first kappa shape index (κ1) is 14.3. The van der Waals surface area contributed by atoms with Crippen molar-refractivity contribution in [3.05, 3.63) is 40.5 Å². The van der Waals surface area contributed by atoms with Gasteiger partial charge in [-0.25, -0.2) is 4.98 Å². The van der Waals surface area contributed by atoms with Gasteiger partial charge in [0.05, 0.1) is 16.2 Å². The SMILES string of the molecule is Cc1c(Cl)c(CN(C)CCCN)nc2ccccc12. The van der Waals surface area contributed by atoms with E-state index in [2.05, 4.69) is 29.9 Å². The first-order valence-electron chi connectivity index (χ1n) is 6.56. The Morgan fingerprint density at radius 3 is 2.79 bits per heavy atom. The van der Waals surface area contributed by atoms with Crippen LogP contribution < -0.4 is 5.73 Å². The number of rotatable bonds is 5. The Bertz CT molecular complexity index is 569. The third kappa shape index (κ3) is 3.24. The molecule has 19 heavy (non-hydrogen) atoms. The van der Waals surface area contributed by atoms with Gasteiger partial charge in [0, 0.05) is 11.9 Å². The van der Waals surface area contributed by atoms with Crippen molar-refractivity contribution in [2.24, 2.45) is 5.73 Å². The minimum atomic E-state index is 0.711. The van der Waals surface area contributed by atoms with E-state index in [0.717, 1.165) is 46.7 Å². The van der Waals surface area contributed by atoms with Gasteiger partial charge in [0.1, 0.15) is 0 Å². The summed E-state index contributed by atoms with van der Waals surface area (Å²) in [5, 5.41) is 1.90. The minimum absolute atomic E-state index is 0.711. The molecule has 1 aromatic carbocycles. The highest BCUT2D eigenvalue weighted by Crippen LogP contribution is 2.27. The molecule has 2 rings (SSSR count). The molecule has 0 radical (unpaired) electrons. The zero-order valence-electron chi connectivity index (χ0n) is 11.5. The molecule has 0 atom stereocenters. The largest absolute Gasteiger partial charge is 0.330 e. The number of nitrogens with zero attached hydrogens (tertiary/aromatic N) is 2. The first-order chi connectivity index (χ1) is 9.13. The molecule has 1 heterocycles. The van der Waals surface area contributed by atoms with E-state index in [1.807, 2.05) is 18.2 Å². The lowest BCUT2D eigenvalue weighted by Gasteiger charge is -2.17. The zero-order valence-corrected chi connectivity index (χ0v) is 12.2. The van der Waals surface area contributed by atoms with Gasteiger partial charge in [0.2, 0.25) is 0 Å². The molecule has 1 aromatic heterocycles. The zero-order chi connectivity index (χ0) is 13.8. The number of aromatic nitrogens is 1. The molecule has 0 unspecified atom stereocenters. The molecule has 2 aromatic rings. The number of pyridine rings is 1. The van der Waals surface area contributed by atoms with Crippen LogP contribution in [0.5, 0.6) is 0 Å². The standard InChI is InChI=1S/C15H20ClN3/c1-11-12-6-3-4-7-13(12)18-14(15(11)16)10-19(2)9-5-8-17/h3-4,6-7H,5,8-10,17H2,1-2H3. The van der Waals surface area contributed by atoms with Gasteiger partial charge >= 0.3 is 0 Å². The van der Waals surface area contributed by atoms with E-state index >= 15 is 0 Å². The summed E-state index contributed by atoms with van der Waals surface area (Å²) in [5.74, 6) is 0. The summed E-state index contributed by atoms with van der Waals surface area (Å²) in [4.78, 5) is 6.88. The number of halogens is 1. The van der Waals surface area contributed by atoms with Gasteiger partial charge < -0.3 is 10.6 Å². The fraction of sp³-hybridized carbons (Fsp3) is 0.400. The molecule has 3 nitrogen and oxygen atoms in total. The molecule has 0 spiro atoms. The van der Waals surface area contributed by atoms with Crippen LogP contribution in [0.1, 0.15) is 17.7 Å². The van der Waals surface area contributed by atoms with Crippen molar-refractivity contribution < 1.29 is 0 Å². The van der Waals surface area contributed by atoms with Crippen LogP contribution in [-0.2, 0) is 6.54 Å². The fourth-order valence-electron chi connectivity index (χ4n) is 2.22. The number of hydrogen-bond acceptors (Lipinski definition) is 3. The molecular formula is C15H20ClN3. The number of fused-ring (bicyclic) bond motifs is 1. The smallest absolute Gasteiger partial charge is 0.0740 e. The average Bonchev–Trinajstić information content (AvgIpc) is 2.42. The lowest BCUT2D eigenvalue weighted by atomic mass is 10.1. The maximum Gasteiger partial charge on any atom is 0.0740 e. The van der Waals surface area contributed by atoms with Crippen LogP contribution in [0.25, 0.3) is 10.9 Å².